The first-order valence-corrected chi connectivity index (χ1v) is 3.85. The lowest BCUT2D eigenvalue weighted by molar-refractivity contribution is -0.117. The zero-order valence-corrected chi connectivity index (χ0v) is 6.47. The second-order valence-electron chi connectivity index (χ2n) is 2.74. The summed E-state index contributed by atoms with van der Waals surface area (Å²) in [5.41, 5.74) is 1.06. The van der Waals surface area contributed by atoms with Gasteiger partial charge in [-0.3, -0.25) is 4.79 Å². The molecule has 0 aromatic heterocycles. The normalized spacial score (nSPS) is 21.7. The minimum Gasteiger partial charge on any atom is -0.271 e. The molecule has 1 aromatic rings. The first-order chi connectivity index (χ1) is 5.86. The van der Waals surface area contributed by atoms with Crippen molar-refractivity contribution in [3.63, 3.8) is 0 Å². The number of carbonyl (C=O) groups is 1. The molecule has 0 saturated heterocycles. The summed E-state index contributed by atoms with van der Waals surface area (Å²) in [6.07, 6.45) is 0.421. The molecule has 12 heavy (non-hydrogen) atoms. The lowest BCUT2D eigenvalue weighted by atomic mass is 10.1. The van der Waals surface area contributed by atoms with Gasteiger partial charge in [-0.05, 0) is 5.56 Å². The van der Waals surface area contributed by atoms with Crippen LogP contribution in [0.4, 0.5) is 0 Å². The maximum atomic E-state index is 10.8. The largest absolute Gasteiger partial charge is 0.271 e. The molecule has 1 atom stereocenters. The molecule has 1 heterocycles. The van der Waals surface area contributed by atoms with Crippen LogP contribution in [0.3, 0.4) is 0 Å². The van der Waals surface area contributed by atoms with Gasteiger partial charge in [-0.15, -0.1) is 5.11 Å². The molecule has 0 bridgehead atoms. The second-order valence-corrected chi connectivity index (χ2v) is 2.74. The molecular weight excluding hydrogens is 152 g/mol. The summed E-state index contributed by atoms with van der Waals surface area (Å²) in [6.45, 7) is 0. The molecule has 1 amide bonds. The number of nitrogens with zero attached hydrogens (tertiary/aromatic N) is 2. The number of hydrogen-bond acceptors (Lipinski definition) is 2. The van der Waals surface area contributed by atoms with Crippen LogP contribution in [0.5, 0.6) is 0 Å². The topological polar surface area (TPSA) is 41.8 Å². The van der Waals surface area contributed by atoms with E-state index < -0.39 is 0 Å². The maximum Gasteiger partial charge on any atom is 0.266 e. The van der Waals surface area contributed by atoms with E-state index in [1.54, 1.807) is 0 Å². The molecule has 60 valence electrons. The summed E-state index contributed by atoms with van der Waals surface area (Å²) < 4.78 is 0. The SMILES string of the molecule is O=C1CC(c2ccccc2)N=N1. The fraction of sp³-hybridized carbons (Fsp3) is 0.222. The van der Waals surface area contributed by atoms with Gasteiger partial charge >= 0.3 is 0 Å². The monoisotopic (exact) mass is 160 g/mol. The zero-order chi connectivity index (χ0) is 8.39. The number of rotatable bonds is 1. The highest BCUT2D eigenvalue weighted by molar-refractivity contribution is 5.78. The average molecular weight is 160 g/mol. The van der Waals surface area contributed by atoms with Crippen LogP contribution in [0.25, 0.3) is 0 Å². The van der Waals surface area contributed by atoms with E-state index in [-0.39, 0.29) is 11.9 Å². The third-order valence-electron chi connectivity index (χ3n) is 1.86. The fourth-order valence-electron chi connectivity index (χ4n) is 1.24. The fourth-order valence-corrected chi connectivity index (χ4v) is 1.24. The Kier molecular flexibility index (Phi) is 1.70. The van der Waals surface area contributed by atoms with Gasteiger partial charge in [0.05, 0.1) is 6.42 Å². The van der Waals surface area contributed by atoms with E-state index in [4.69, 9.17) is 0 Å². The van der Waals surface area contributed by atoms with Gasteiger partial charge in [0, 0.05) is 0 Å². The van der Waals surface area contributed by atoms with Crippen molar-refractivity contribution in [2.24, 2.45) is 10.2 Å². The summed E-state index contributed by atoms with van der Waals surface area (Å²) in [5, 5.41) is 7.34. The number of amides is 1. The lowest BCUT2D eigenvalue weighted by Gasteiger charge is -2.02. The van der Waals surface area contributed by atoms with Gasteiger partial charge in [0.25, 0.3) is 5.91 Å². The van der Waals surface area contributed by atoms with Crippen molar-refractivity contribution in [3.05, 3.63) is 35.9 Å². The predicted molar refractivity (Wildman–Crippen MR) is 43.7 cm³/mol. The molecule has 0 saturated carbocycles. The number of benzene rings is 1. The molecular formula is C9H8N2O. The van der Waals surface area contributed by atoms with Crippen LogP contribution in [0.15, 0.2) is 40.6 Å². The highest BCUT2D eigenvalue weighted by Crippen LogP contribution is 2.26. The average Bonchev–Trinajstić information content (AvgIpc) is 2.54. The van der Waals surface area contributed by atoms with Crippen molar-refractivity contribution in [2.75, 3.05) is 0 Å². The van der Waals surface area contributed by atoms with Crippen molar-refractivity contribution < 1.29 is 4.79 Å². The Bertz CT molecular complexity index is 319. The molecule has 2 rings (SSSR count). The highest BCUT2D eigenvalue weighted by Gasteiger charge is 2.20. The van der Waals surface area contributed by atoms with E-state index in [1.807, 2.05) is 30.3 Å². The van der Waals surface area contributed by atoms with Crippen molar-refractivity contribution in [2.45, 2.75) is 12.5 Å². The standard InChI is InChI=1S/C9H8N2O/c12-9-6-8(10-11-9)7-4-2-1-3-5-7/h1-5,8H,6H2. The van der Waals surface area contributed by atoms with Crippen LogP contribution >= 0.6 is 0 Å². The van der Waals surface area contributed by atoms with Crippen molar-refractivity contribution >= 4 is 5.91 Å². The van der Waals surface area contributed by atoms with Gasteiger partial charge in [-0.2, -0.15) is 5.11 Å². The Morgan fingerprint density at radius 1 is 1.25 bits per heavy atom. The van der Waals surface area contributed by atoms with Gasteiger partial charge in [0.15, 0.2) is 0 Å². The second kappa shape index (κ2) is 2.85. The molecule has 1 unspecified atom stereocenters. The molecule has 1 aromatic carbocycles. The third kappa shape index (κ3) is 1.25. The summed E-state index contributed by atoms with van der Waals surface area (Å²) in [6, 6.07) is 9.70. The number of carbonyl (C=O) groups excluding carboxylic acids is 1. The maximum absolute atomic E-state index is 10.8. The van der Waals surface area contributed by atoms with E-state index in [0.29, 0.717) is 6.42 Å². The van der Waals surface area contributed by atoms with Gasteiger partial charge in [0.2, 0.25) is 0 Å². The van der Waals surface area contributed by atoms with Crippen molar-refractivity contribution in [1.29, 1.82) is 0 Å². The van der Waals surface area contributed by atoms with Crippen LogP contribution in [0, 0.1) is 0 Å². The Hall–Kier alpha value is -1.51. The molecule has 3 nitrogen and oxygen atoms in total. The van der Waals surface area contributed by atoms with Crippen molar-refractivity contribution in [1.82, 2.24) is 0 Å². The highest BCUT2D eigenvalue weighted by atomic mass is 16.2. The van der Waals surface area contributed by atoms with Gasteiger partial charge in [-0.1, -0.05) is 30.3 Å². The molecule has 1 aliphatic heterocycles. The van der Waals surface area contributed by atoms with Crippen molar-refractivity contribution in [3.8, 4) is 0 Å². The summed E-state index contributed by atoms with van der Waals surface area (Å²) in [7, 11) is 0. The summed E-state index contributed by atoms with van der Waals surface area (Å²) >= 11 is 0. The number of azo groups is 1. The molecule has 0 radical (unpaired) electrons. The molecule has 3 heteroatoms. The van der Waals surface area contributed by atoms with E-state index in [0.717, 1.165) is 5.56 Å². The van der Waals surface area contributed by atoms with Crippen LogP contribution in [-0.4, -0.2) is 5.91 Å². The van der Waals surface area contributed by atoms with Gasteiger partial charge in [-0.25, -0.2) is 0 Å². The molecule has 0 N–H and O–H groups in total. The minimum atomic E-state index is -0.121. The summed E-state index contributed by atoms with van der Waals surface area (Å²) in [5.74, 6) is -0.121. The molecule has 0 aliphatic carbocycles. The van der Waals surface area contributed by atoms with E-state index in [2.05, 4.69) is 10.2 Å². The van der Waals surface area contributed by atoms with Crippen LogP contribution in [0.2, 0.25) is 0 Å². The Labute approximate surface area is 70.1 Å². The van der Waals surface area contributed by atoms with Crippen LogP contribution in [-0.2, 0) is 4.79 Å². The van der Waals surface area contributed by atoms with Gasteiger partial charge in [0.1, 0.15) is 6.04 Å². The van der Waals surface area contributed by atoms with E-state index in [1.165, 1.54) is 0 Å². The molecule has 0 fully saturated rings. The predicted octanol–water partition coefficient (Wildman–Crippen LogP) is 2.11. The summed E-state index contributed by atoms with van der Waals surface area (Å²) in [4.78, 5) is 10.8. The first-order valence-electron chi connectivity index (χ1n) is 3.85. The van der Waals surface area contributed by atoms with Crippen LogP contribution in [0.1, 0.15) is 18.0 Å². The first kappa shape index (κ1) is 7.16. The third-order valence-corrected chi connectivity index (χ3v) is 1.86. The minimum absolute atomic E-state index is 0.0429. The lowest BCUT2D eigenvalue weighted by Crippen LogP contribution is -1.94. The van der Waals surface area contributed by atoms with Gasteiger partial charge < -0.3 is 0 Å². The zero-order valence-electron chi connectivity index (χ0n) is 6.47. The number of hydrogen-bond donors (Lipinski definition) is 0. The quantitative estimate of drug-likeness (QED) is 0.620. The Morgan fingerprint density at radius 2 is 2.00 bits per heavy atom. The smallest absolute Gasteiger partial charge is 0.266 e. The Balaban J connectivity index is 2.23. The van der Waals surface area contributed by atoms with Crippen LogP contribution < -0.4 is 0 Å². The molecule has 0 spiro atoms. The Morgan fingerprint density at radius 3 is 2.58 bits per heavy atom. The van der Waals surface area contributed by atoms with E-state index in [9.17, 15) is 4.79 Å². The van der Waals surface area contributed by atoms with E-state index >= 15 is 0 Å². The molecule has 1 aliphatic rings.